The van der Waals surface area contributed by atoms with Crippen molar-refractivity contribution in [1.29, 1.82) is 0 Å². The number of carboxylic acids is 1. The Balaban J connectivity index is 4.29. The molecular weight excluding hydrogens is 827 g/mol. The lowest BCUT2D eigenvalue weighted by Gasteiger charge is -2.26. The van der Waals surface area contributed by atoms with Crippen LogP contribution in [0.5, 0.6) is 0 Å². The molecule has 0 aliphatic rings. The molecule has 9 heteroatoms. The number of likely N-dealkylation sites (N-methyl/N-ethyl adjacent to an activating group) is 1. The lowest BCUT2D eigenvalue weighted by molar-refractivity contribution is -0.870. The minimum atomic E-state index is -1.63. The van der Waals surface area contributed by atoms with E-state index < -0.39 is 24.3 Å². The molecule has 0 bridgehead atoms. The van der Waals surface area contributed by atoms with E-state index in [0.717, 1.165) is 109 Å². The van der Waals surface area contributed by atoms with Gasteiger partial charge in [0, 0.05) is 12.8 Å². The van der Waals surface area contributed by atoms with Crippen LogP contribution in [0.3, 0.4) is 0 Å². The van der Waals surface area contributed by atoms with E-state index in [1.165, 1.54) is 57.8 Å². The number of ether oxygens (including phenoxy) is 4. The standard InChI is InChI=1S/C57H97NO8/c1-6-8-10-12-14-16-18-20-22-23-24-25-26-27-28-29-30-31-32-33-34-36-38-40-42-44-46-48-55(60)66-53(52-65-57(56(61)62)63-50-49-58(3,4)5)51-64-54(59)47-45-43-41-39-37-35-21-19-17-15-13-11-9-7-2/h8,10,13-16,19-22,24-25,27-28,53,57H,6-7,9,11-12,17-18,23,26,29-52H2,1-5H3/b10-8-,15-13-,16-14-,21-19-,22-20-,25-24-,28-27-. The predicted octanol–water partition coefficient (Wildman–Crippen LogP) is 13.5. The molecule has 0 aromatic heterocycles. The number of aliphatic carboxylic acids is 1. The number of carbonyl (C=O) groups is 3. The number of unbranched alkanes of at least 4 members (excludes halogenated alkanes) is 18. The quantitative estimate of drug-likeness (QED) is 0.0195. The first-order valence-corrected chi connectivity index (χ1v) is 26.2. The Kier molecular flexibility index (Phi) is 45.4. The fourth-order valence-electron chi connectivity index (χ4n) is 6.81. The minimum Gasteiger partial charge on any atom is -0.545 e. The summed E-state index contributed by atoms with van der Waals surface area (Å²) < 4.78 is 22.6. The Morgan fingerprint density at radius 1 is 0.470 bits per heavy atom. The second-order valence-corrected chi connectivity index (χ2v) is 18.4. The second-order valence-electron chi connectivity index (χ2n) is 18.4. The molecule has 0 rings (SSSR count). The number of carbonyl (C=O) groups excluding carboxylic acids is 3. The molecule has 0 fully saturated rings. The van der Waals surface area contributed by atoms with Gasteiger partial charge in [0.25, 0.3) is 0 Å². The van der Waals surface area contributed by atoms with E-state index >= 15 is 0 Å². The van der Waals surface area contributed by atoms with Crippen LogP contribution in [0.1, 0.15) is 200 Å². The monoisotopic (exact) mass is 924 g/mol. The normalized spacial score (nSPS) is 13.5. The molecule has 0 saturated heterocycles. The first-order valence-electron chi connectivity index (χ1n) is 26.2. The highest BCUT2D eigenvalue weighted by Gasteiger charge is 2.22. The minimum absolute atomic E-state index is 0.141. The molecule has 0 spiro atoms. The summed E-state index contributed by atoms with van der Waals surface area (Å²) in [5.74, 6) is -2.31. The van der Waals surface area contributed by atoms with Gasteiger partial charge in [0.05, 0.1) is 40.3 Å². The summed E-state index contributed by atoms with van der Waals surface area (Å²) in [6, 6.07) is 0. The molecule has 2 atom stereocenters. The number of nitrogens with zero attached hydrogens (tertiary/aromatic N) is 1. The highest BCUT2D eigenvalue weighted by Crippen LogP contribution is 2.14. The Hall–Kier alpha value is -3.53. The van der Waals surface area contributed by atoms with Crippen LogP contribution in [-0.2, 0) is 33.3 Å². The summed E-state index contributed by atoms with van der Waals surface area (Å²) in [6.45, 7) is 4.56. The molecule has 0 aliphatic carbocycles. The summed E-state index contributed by atoms with van der Waals surface area (Å²) in [6.07, 6.45) is 59.0. The van der Waals surface area contributed by atoms with Gasteiger partial charge in [0.2, 0.25) is 0 Å². The number of esters is 2. The van der Waals surface area contributed by atoms with Crippen molar-refractivity contribution in [2.24, 2.45) is 0 Å². The van der Waals surface area contributed by atoms with Crippen LogP contribution in [0, 0.1) is 0 Å². The Morgan fingerprint density at radius 2 is 0.864 bits per heavy atom. The van der Waals surface area contributed by atoms with Crippen molar-refractivity contribution >= 4 is 17.9 Å². The van der Waals surface area contributed by atoms with E-state index in [4.69, 9.17) is 18.9 Å². The number of hydrogen-bond donors (Lipinski definition) is 0. The van der Waals surface area contributed by atoms with Crippen molar-refractivity contribution in [2.45, 2.75) is 212 Å². The largest absolute Gasteiger partial charge is 0.545 e. The predicted molar refractivity (Wildman–Crippen MR) is 274 cm³/mol. The van der Waals surface area contributed by atoms with Gasteiger partial charge in [-0.15, -0.1) is 0 Å². The van der Waals surface area contributed by atoms with Crippen LogP contribution in [0.15, 0.2) is 85.1 Å². The highest BCUT2D eigenvalue weighted by molar-refractivity contribution is 5.70. The SMILES string of the molecule is CC/C=C\C/C=C\C/C=C\C/C=C\C/C=C\CCCCCCCCCCCCCC(=O)OC(COC(=O)CCCCCCC/C=C\C/C=C\CCCC)COC(OCC[N+](C)(C)C)C(=O)[O-]. The third-order valence-corrected chi connectivity index (χ3v) is 10.9. The molecular formula is C57H97NO8. The Labute approximate surface area is 404 Å². The zero-order valence-electron chi connectivity index (χ0n) is 42.8. The average Bonchev–Trinajstić information content (AvgIpc) is 3.28. The Morgan fingerprint density at radius 3 is 1.29 bits per heavy atom. The van der Waals surface area contributed by atoms with Crippen LogP contribution in [0.2, 0.25) is 0 Å². The lowest BCUT2D eigenvalue weighted by atomic mass is 10.0. The van der Waals surface area contributed by atoms with Crippen LogP contribution in [-0.4, -0.2) is 82.3 Å². The van der Waals surface area contributed by atoms with E-state index in [1.54, 1.807) is 0 Å². The van der Waals surface area contributed by atoms with Crippen LogP contribution in [0.4, 0.5) is 0 Å². The number of hydrogen-bond acceptors (Lipinski definition) is 8. The van der Waals surface area contributed by atoms with Gasteiger partial charge in [-0.1, -0.05) is 189 Å². The van der Waals surface area contributed by atoms with Gasteiger partial charge in [-0.25, -0.2) is 0 Å². The molecule has 0 saturated carbocycles. The molecule has 0 aliphatic heterocycles. The topological polar surface area (TPSA) is 111 Å². The van der Waals surface area contributed by atoms with Crippen molar-refractivity contribution in [3.63, 3.8) is 0 Å². The fraction of sp³-hybridized carbons (Fsp3) is 0.702. The molecule has 0 aromatic rings. The van der Waals surface area contributed by atoms with Crippen molar-refractivity contribution in [3.05, 3.63) is 85.1 Å². The van der Waals surface area contributed by atoms with Gasteiger partial charge >= 0.3 is 11.9 Å². The summed E-state index contributed by atoms with van der Waals surface area (Å²) in [4.78, 5) is 37.1. The Bertz CT molecular complexity index is 1350. The lowest BCUT2D eigenvalue weighted by Crippen LogP contribution is -2.44. The zero-order chi connectivity index (χ0) is 48.4. The van der Waals surface area contributed by atoms with E-state index in [2.05, 4.69) is 98.9 Å². The molecule has 0 N–H and O–H groups in total. The van der Waals surface area contributed by atoms with Gasteiger partial charge in [0.15, 0.2) is 12.4 Å². The molecule has 0 radical (unpaired) electrons. The maximum absolute atomic E-state index is 12.8. The first-order chi connectivity index (χ1) is 32.1. The van der Waals surface area contributed by atoms with E-state index in [1.807, 2.05) is 21.1 Å². The van der Waals surface area contributed by atoms with Gasteiger partial charge in [-0.05, 0) is 83.5 Å². The fourth-order valence-corrected chi connectivity index (χ4v) is 6.81. The molecule has 66 heavy (non-hydrogen) atoms. The van der Waals surface area contributed by atoms with E-state index in [9.17, 15) is 19.5 Å². The maximum Gasteiger partial charge on any atom is 0.306 e. The zero-order valence-corrected chi connectivity index (χ0v) is 42.8. The third kappa shape index (κ3) is 48.4. The van der Waals surface area contributed by atoms with E-state index in [-0.39, 0.29) is 38.6 Å². The average molecular weight is 924 g/mol. The highest BCUT2D eigenvalue weighted by atomic mass is 16.7. The molecule has 0 heterocycles. The van der Waals surface area contributed by atoms with Crippen molar-refractivity contribution < 1.29 is 42.9 Å². The number of carboxylic acid groups (broad SMARTS) is 1. The molecule has 0 amide bonds. The van der Waals surface area contributed by atoms with Gasteiger partial charge in [-0.2, -0.15) is 0 Å². The van der Waals surface area contributed by atoms with Crippen molar-refractivity contribution in [1.82, 2.24) is 0 Å². The third-order valence-electron chi connectivity index (χ3n) is 10.9. The second kappa shape index (κ2) is 47.9. The van der Waals surface area contributed by atoms with Crippen LogP contribution < -0.4 is 5.11 Å². The summed E-state index contributed by atoms with van der Waals surface area (Å²) in [5, 5.41) is 11.7. The summed E-state index contributed by atoms with van der Waals surface area (Å²) in [5.41, 5.74) is 0. The van der Waals surface area contributed by atoms with Gasteiger partial charge < -0.3 is 33.3 Å². The molecule has 0 aromatic carbocycles. The number of quaternary nitrogens is 1. The van der Waals surface area contributed by atoms with Crippen LogP contribution >= 0.6 is 0 Å². The van der Waals surface area contributed by atoms with Crippen molar-refractivity contribution in [3.8, 4) is 0 Å². The smallest absolute Gasteiger partial charge is 0.306 e. The van der Waals surface area contributed by atoms with Crippen LogP contribution in [0.25, 0.3) is 0 Å². The van der Waals surface area contributed by atoms with E-state index in [0.29, 0.717) is 17.4 Å². The number of rotatable bonds is 47. The van der Waals surface area contributed by atoms with Gasteiger partial charge in [0.1, 0.15) is 13.2 Å². The summed E-state index contributed by atoms with van der Waals surface area (Å²) in [7, 11) is 5.90. The van der Waals surface area contributed by atoms with Gasteiger partial charge in [-0.3, -0.25) is 9.59 Å². The van der Waals surface area contributed by atoms with Crippen molar-refractivity contribution in [2.75, 3.05) is 47.5 Å². The molecule has 2 unspecified atom stereocenters. The maximum atomic E-state index is 12.8. The molecule has 378 valence electrons. The number of allylic oxidation sites excluding steroid dienone is 14. The summed E-state index contributed by atoms with van der Waals surface area (Å²) >= 11 is 0. The molecule has 9 nitrogen and oxygen atoms in total. The first kappa shape index (κ1) is 62.5.